The van der Waals surface area contributed by atoms with Gasteiger partial charge in [0.25, 0.3) is 0 Å². The molecule has 13 heteroatoms. The van der Waals surface area contributed by atoms with Gasteiger partial charge in [0.05, 0.1) is 49.7 Å². The number of carbonyl (C=O) groups excluding carboxylic acids is 1. The number of likely N-dealkylation sites (N-methyl/N-ethyl adjacent to an activating group) is 1. The van der Waals surface area contributed by atoms with E-state index in [9.17, 15) is 18.3 Å². The molecule has 210 valence electrons. The van der Waals surface area contributed by atoms with E-state index in [1.807, 2.05) is 6.92 Å². The van der Waals surface area contributed by atoms with Crippen molar-refractivity contribution in [2.75, 3.05) is 40.0 Å². The van der Waals surface area contributed by atoms with Crippen molar-refractivity contribution in [3.05, 3.63) is 30.1 Å². The highest BCUT2D eigenvalue weighted by Gasteiger charge is 2.31. The zero-order valence-electron chi connectivity index (χ0n) is 22.2. The van der Waals surface area contributed by atoms with Crippen molar-refractivity contribution in [2.45, 2.75) is 63.3 Å². The predicted octanol–water partition coefficient (Wildman–Crippen LogP) is 1.28. The smallest absolute Gasteiger partial charge is 0.243 e. The molecule has 2 bridgehead atoms. The minimum atomic E-state index is -3.89. The number of ether oxygens (including phenoxy) is 3. The van der Waals surface area contributed by atoms with Crippen LogP contribution in [-0.4, -0.2) is 95.7 Å². The SMILES string of the molecule is C[C@@H]1CN([C@H](C)CO)C(=O)CCCn2cc(nn2)CO[C@H]1CN(C)S(=O)(=O)c1ccc2c(c1)OCCCO2. The number of fused-ring (bicyclic) bond motifs is 3. The van der Waals surface area contributed by atoms with Gasteiger partial charge in [0.1, 0.15) is 5.69 Å². The Hall–Kier alpha value is -2.74. The summed E-state index contributed by atoms with van der Waals surface area (Å²) < 4.78 is 47.5. The Morgan fingerprint density at radius 1 is 1.21 bits per heavy atom. The van der Waals surface area contributed by atoms with E-state index >= 15 is 0 Å². The summed E-state index contributed by atoms with van der Waals surface area (Å²) in [5.74, 6) is 0.598. The molecule has 0 radical (unpaired) electrons. The first kappa shape index (κ1) is 28.3. The summed E-state index contributed by atoms with van der Waals surface area (Å²) >= 11 is 0. The van der Waals surface area contributed by atoms with Crippen LogP contribution in [0.5, 0.6) is 11.5 Å². The molecule has 12 nitrogen and oxygen atoms in total. The highest BCUT2D eigenvalue weighted by molar-refractivity contribution is 7.89. The molecule has 1 amide bonds. The van der Waals surface area contributed by atoms with Crippen molar-refractivity contribution in [3.8, 4) is 11.5 Å². The van der Waals surface area contributed by atoms with Crippen LogP contribution in [0, 0.1) is 5.92 Å². The summed E-state index contributed by atoms with van der Waals surface area (Å²) in [5, 5.41) is 18.0. The molecular weight excluding hydrogens is 514 g/mol. The van der Waals surface area contributed by atoms with Crippen LogP contribution in [0.4, 0.5) is 0 Å². The van der Waals surface area contributed by atoms with Gasteiger partial charge in [-0.3, -0.25) is 9.48 Å². The average molecular weight is 552 g/mol. The topological polar surface area (TPSA) is 136 Å². The number of benzene rings is 1. The summed E-state index contributed by atoms with van der Waals surface area (Å²) in [7, 11) is -2.38. The lowest BCUT2D eigenvalue weighted by molar-refractivity contribution is -0.136. The Balaban J connectivity index is 1.57. The third-order valence-corrected chi connectivity index (χ3v) is 8.73. The molecule has 2 aliphatic rings. The maximum Gasteiger partial charge on any atom is 0.243 e. The van der Waals surface area contributed by atoms with Gasteiger partial charge in [-0.2, -0.15) is 4.31 Å². The van der Waals surface area contributed by atoms with Crippen LogP contribution in [0.25, 0.3) is 0 Å². The van der Waals surface area contributed by atoms with E-state index < -0.39 is 16.1 Å². The molecule has 2 aromatic rings. The predicted molar refractivity (Wildman–Crippen MR) is 137 cm³/mol. The van der Waals surface area contributed by atoms with E-state index in [1.165, 1.54) is 23.5 Å². The van der Waals surface area contributed by atoms with E-state index in [4.69, 9.17) is 14.2 Å². The molecule has 1 aromatic heterocycles. The Bertz CT molecular complexity index is 1200. The summed E-state index contributed by atoms with van der Waals surface area (Å²) in [6, 6.07) is 4.23. The highest BCUT2D eigenvalue weighted by atomic mass is 32.2. The normalized spacial score (nSPS) is 22.2. The molecule has 1 N–H and O–H groups in total. The van der Waals surface area contributed by atoms with Gasteiger partial charge in [-0.05, 0) is 25.5 Å². The summed E-state index contributed by atoms with van der Waals surface area (Å²) in [6.07, 6.45) is 2.82. The van der Waals surface area contributed by atoms with E-state index in [1.54, 1.807) is 28.8 Å². The zero-order chi connectivity index (χ0) is 27.3. The zero-order valence-corrected chi connectivity index (χ0v) is 23.0. The maximum absolute atomic E-state index is 13.5. The lowest BCUT2D eigenvalue weighted by atomic mass is 10.0. The molecule has 0 fully saturated rings. The molecule has 0 saturated carbocycles. The Labute approximate surface area is 223 Å². The van der Waals surface area contributed by atoms with Crippen LogP contribution in [0.1, 0.15) is 38.8 Å². The molecule has 0 unspecified atom stereocenters. The molecule has 0 spiro atoms. The van der Waals surface area contributed by atoms with E-state index in [0.29, 0.717) is 56.3 Å². The third-order valence-electron chi connectivity index (χ3n) is 6.91. The quantitative estimate of drug-likeness (QED) is 0.563. The molecular formula is C25H37N5O7S. The lowest BCUT2D eigenvalue weighted by Gasteiger charge is -2.35. The largest absolute Gasteiger partial charge is 0.490 e. The molecule has 1 aromatic carbocycles. The molecule has 3 heterocycles. The number of aliphatic hydroxyl groups excluding tert-OH is 1. The van der Waals surface area contributed by atoms with Crippen molar-refractivity contribution in [3.63, 3.8) is 0 Å². The number of nitrogens with zero attached hydrogens (tertiary/aromatic N) is 5. The number of sulfonamides is 1. The number of carbonyl (C=O) groups is 1. The van der Waals surface area contributed by atoms with Gasteiger partial charge >= 0.3 is 0 Å². The molecule has 3 atom stereocenters. The molecule has 0 saturated heterocycles. The van der Waals surface area contributed by atoms with E-state index in [-0.39, 0.29) is 42.5 Å². The summed E-state index contributed by atoms with van der Waals surface area (Å²) in [6.45, 7) is 5.54. The van der Waals surface area contributed by atoms with Crippen molar-refractivity contribution in [1.82, 2.24) is 24.2 Å². The number of hydrogen-bond donors (Lipinski definition) is 1. The Kier molecular flexibility index (Phi) is 9.23. The van der Waals surface area contributed by atoms with Gasteiger partial charge in [-0.15, -0.1) is 5.10 Å². The highest BCUT2D eigenvalue weighted by Crippen LogP contribution is 2.33. The number of aliphatic hydroxyl groups is 1. The van der Waals surface area contributed by atoms with Crippen LogP contribution in [0.2, 0.25) is 0 Å². The number of amides is 1. The van der Waals surface area contributed by atoms with Crippen molar-refractivity contribution in [2.24, 2.45) is 5.92 Å². The van der Waals surface area contributed by atoms with Crippen molar-refractivity contribution < 1.29 is 32.5 Å². The van der Waals surface area contributed by atoms with Crippen molar-refractivity contribution >= 4 is 15.9 Å². The first-order valence-electron chi connectivity index (χ1n) is 13.0. The van der Waals surface area contributed by atoms with Crippen LogP contribution in [0.3, 0.4) is 0 Å². The molecule has 38 heavy (non-hydrogen) atoms. The lowest BCUT2D eigenvalue weighted by Crippen LogP contribution is -2.47. The summed E-state index contributed by atoms with van der Waals surface area (Å²) in [5.41, 5.74) is 0.627. The summed E-state index contributed by atoms with van der Waals surface area (Å²) in [4.78, 5) is 14.8. The number of aromatic nitrogens is 3. The fourth-order valence-corrected chi connectivity index (χ4v) is 5.73. The van der Waals surface area contributed by atoms with Crippen LogP contribution < -0.4 is 9.47 Å². The third kappa shape index (κ3) is 6.63. The standard InChI is InChI=1S/C25H37N5O7S/c1-18-13-30(19(2)16-31)25(32)6-4-9-29-14-20(26-27-29)17-37-24(18)15-28(3)38(33,34)21-7-8-22-23(12-21)36-11-5-10-35-22/h7-8,12,14,18-19,24,31H,4-6,9-11,13,15-17H2,1-3H3/t18-,19-,24+/m1/s1. The van der Waals surface area contributed by atoms with Crippen LogP contribution in [-0.2, 0) is 32.7 Å². The molecule has 0 aliphatic carbocycles. The minimum Gasteiger partial charge on any atom is -0.490 e. The van der Waals surface area contributed by atoms with Gasteiger partial charge in [0.2, 0.25) is 15.9 Å². The number of aryl methyl sites for hydroxylation is 1. The first-order valence-corrected chi connectivity index (χ1v) is 14.4. The second kappa shape index (κ2) is 12.4. The van der Waals surface area contributed by atoms with Gasteiger partial charge in [0, 0.05) is 51.5 Å². The fraction of sp³-hybridized carbons (Fsp3) is 0.640. The number of hydrogen-bond acceptors (Lipinski definition) is 9. The average Bonchev–Trinajstić information content (AvgIpc) is 3.22. The second-order valence-electron chi connectivity index (χ2n) is 9.93. The number of rotatable bonds is 6. The van der Waals surface area contributed by atoms with Crippen molar-refractivity contribution in [1.29, 1.82) is 0 Å². The maximum atomic E-state index is 13.5. The van der Waals surface area contributed by atoms with Gasteiger partial charge in [-0.25, -0.2) is 8.42 Å². The van der Waals surface area contributed by atoms with Crippen LogP contribution in [0.15, 0.2) is 29.3 Å². The second-order valence-corrected chi connectivity index (χ2v) is 12.0. The first-order chi connectivity index (χ1) is 18.2. The monoisotopic (exact) mass is 551 g/mol. The van der Waals surface area contributed by atoms with E-state index in [0.717, 1.165) is 6.42 Å². The Morgan fingerprint density at radius 3 is 2.74 bits per heavy atom. The molecule has 2 aliphatic heterocycles. The van der Waals surface area contributed by atoms with Crippen LogP contribution >= 0.6 is 0 Å². The molecule has 4 rings (SSSR count). The fourth-order valence-electron chi connectivity index (χ4n) is 4.53. The minimum absolute atomic E-state index is 0.0433. The van der Waals surface area contributed by atoms with Gasteiger partial charge in [-0.1, -0.05) is 12.1 Å². The van der Waals surface area contributed by atoms with Gasteiger partial charge < -0.3 is 24.2 Å². The van der Waals surface area contributed by atoms with E-state index in [2.05, 4.69) is 10.3 Å². The Morgan fingerprint density at radius 2 is 1.97 bits per heavy atom. The van der Waals surface area contributed by atoms with Gasteiger partial charge in [0.15, 0.2) is 11.5 Å².